The van der Waals surface area contributed by atoms with Crippen LogP contribution in [0, 0.1) is 12.7 Å². The molecule has 5 nitrogen and oxygen atoms in total. The van der Waals surface area contributed by atoms with Gasteiger partial charge in [0.05, 0.1) is 16.7 Å². The molecular formula is C22H20FN5. The van der Waals surface area contributed by atoms with Crippen LogP contribution in [0.1, 0.15) is 23.5 Å². The maximum Gasteiger partial charge on any atom is 0.133 e. The van der Waals surface area contributed by atoms with Gasteiger partial charge in [0, 0.05) is 42.0 Å². The lowest BCUT2D eigenvalue weighted by Gasteiger charge is -2.18. The Hall–Kier alpha value is -3.28. The zero-order valence-corrected chi connectivity index (χ0v) is 15.8. The lowest BCUT2D eigenvalue weighted by atomic mass is 9.93. The molecule has 0 spiro atoms. The molecule has 0 radical (unpaired) electrons. The number of aryl methyl sites for hydroxylation is 2. The minimum atomic E-state index is -0.255. The van der Waals surface area contributed by atoms with Gasteiger partial charge < -0.3 is 5.32 Å². The van der Waals surface area contributed by atoms with Gasteiger partial charge >= 0.3 is 0 Å². The highest BCUT2D eigenvalue weighted by Crippen LogP contribution is 2.30. The first-order valence-electron chi connectivity index (χ1n) is 9.40. The molecule has 1 aliphatic rings. The summed E-state index contributed by atoms with van der Waals surface area (Å²) in [5.74, 6) is -0.0491. The van der Waals surface area contributed by atoms with E-state index in [1.54, 1.807) is 16.8 Å². The van der Waals surface area contributed by atoms with Gasteiger partial charge in [-0.2, -0.15) is 5.10 Å². The summed E-state index contributed by atoms with van der Waals surface area (Å²) in [6, 6.07) is 9.42. The molecule has 0 aliphatic carbocycles. The van der Waals surface area contributed by atoms with Gasteiger partial charge in [0.1, 0.15) is 5.82 Å². The first-order valence-corrected chi connectivity index (χ1v) is 9.40. The fourth-order valence-electron chi connectivity index (χ4n) is 3.94. The van der Waals surface area contributed by atoms with E-state index in [1.807, 2.05) is 44.6 Å². The molecule has 2 aromatic carbocycles. The maximum atomic E-state index is 14.9. The predicted molar refractivity (Wildman–Crippen MR) is 108 cm³/mol. The lowest BCUT2D eigenvalue weighted by Crippen LogP contribution is -2.16. The molecule has 140 valence electrons. The molecule has 3 heterocycles. The van der Waals surface area contributed by atoms with E-state index in [0.717, 1.165) is 40.6 Å². The van der Waals surface area contributed by atoms with Gasteiger partial charge in [-0.05, 0) is 61.0 Å². The van der Waals surface area contributed by atoms with Crippen LogP contribution >= 0.6 is 0 Å². The van der Waals surface area contributed by atoms with E-state index in [1.165, 1.54) is 0 Å². The topological polar surface area (TPSA) is 55.6 Å². The summed E-state index contributed by atoms with van der Waals surface area (Å²) in [7, 11) is 1.90. The fraction of sp³-hybridized carbons (Fsp3) is 0.227. The normalized spacial score (nSPS) is 16.6. The van der Waals surface area contributed by atoms with E-state index in [-0.39, 0.29) is 11.7 Å². The molecule has 0 amide bonds. The molecule has 1 atom stereocenters. The van der Waals surface area contributed by atoms with E-state index in [2.05, 4.69) is 26.7 Å². The van der Waals surface area contributed by atoms with Crippen molar-refractivity contribution in [2.24, 2.45) is 7.05 Å². The number of rotatable bonds is 2. The molecule has 28 heavy (non-hydrogen) atoms. The zero-order valence-electron chi connectivity index (χ0n) is 15.8. The van der Waals surface area contributed by atoms with Gasteiger partial charge in [0.25, 0.3) is 0 Å². The van der Waals surface area contributed by atoms with E-state index in [4.69, 9.17) is 0 Å². The van der Waals surface area contributed by atoms with Crippen molar-refractivity contribution in [1.29, 1.82) is 0 Å². The zero-order chi connectivity index (χ0) is 19.3. The smallest absolute Gasteiger partial charge is 0.133 e. The molecule has 0 saturated heterocycles. The van der Waals surface area contributed by atoms with Gasteiger partial charge in [-0.3, -0.25) is 4.68 Å². The number of hydrogen-bond acceptors (Lipinski definition) is 4. The van der Waals surface area contributed by atoms with Crippen molar-refractivity contribution in [2.75, 3.05) is 6.54 Å². The number of benzene rings is 2. The first kappa shape index (κ1) is 16.9. The van der Waals surface area contributed by atoms with Crippen LogP contribution in [-0.2, 0) is 7.05 Å². The summed E-state index contributed by atoms with van der Waals surface area (Å²) in [5.41, 5.74) is 5.13. The quantitative estimate of drug-likeness (QED) is 0.572. The van der Waals surface area contributed by atoms with E-state index in [9.17, 15) is 4.39 Å². The number of aromatic nitrogens is 4. The summed E-state index contributed by atoms with van der Waals surface area (Å²) in [4.78, 5) is 0. The van der Waals surface area contributed by atoms with Crippen LogP contribution in [-0.4, -0.2) is 26.5 Å². The number of nitrogens with one attached hydrogen (secondary N) is 1. The van der Waals surface area contributed by atoms with Gasteiger partial charge in [-0.25, -0.2) is 4.39 Å². The van der Waals surface area contributed by atoms with Crippen LogP contribution in [0.4, 0.5) is 4.39 Å². The summed E-state index contributed by atoms with van der Waals surface area (Å²) < 4.78 is 16.7. The SMILES string of the molecule is Cc1cc(-c2cc3c(F)cc(C4C=CNCC4)cc3nn2)cc2cn(C)nc12. The van der Waals surface area contributed by atoms with Crippen molar-refractivity contribution in [2.45, 2.75) is 19.3 Å². The number of halogens is 1. The number of fused-ring (bicyclic) bond motifs is 2. The summed E-state index contributed by atoms with van der Waals surface area (Å²) >= 11 is 0. The Morgan fingerprint density at radius 2 is 2.04 bits per heavy atom. The van der Waals surface area contributed by atoms with Crippen molar-refractivity contribution in [3.05, 3.63) is 65.7 Å². The molecule has 2 aromatic heterocycles. The first-order chi connectivity index (χ1) is 13.6. The van der Waals surface area contributed by atoms with Crippen LogP contribution in [0.5, 0.6) is 0 Å². The van der Waals surface area contributed by atoms with E-state index >= 15 is 0 Å². The molecule has 4 aromatic rings. The Bertz CT molecular complexity index is 1240. The Labute approximate surface area is 161 Å². The van der Waals surface area contributed by atoms with Crippen LogP contribution in [0.2, 0.25) is 0 Å². The Kier molecular flexibility index (Phi) is 3.86. The molecule has 0 saturated carbocycles. The molecule has 1 aliphatic heterocycles. The van der Waals surface area contributed by atoms with Gasteiger partial charge in [-0.15, -0.1) is 10.2 Å². The average Bonchev–Trinajstić information content (AvgIpc) is 3.09. The summed E-state index contributed by atoms with van der Waals surface area (Å²) in [6.07, 6.45) is 6.91. The highest BCUT2D eigenvalue weighted by atomic mass is 19.1. The second-order valence-electron chi connectivity index (χ2n) is 7.41. The number of allylic oxidation sites excluding steroid dienone is 1. The molecule has 1 N–H and O–H groups in total. The maximum absolute atomic E-state index is 14.9. The van der Waals surface area contributed by atoms with Crippen LogP contribution in [0.25, 0.3) is 33.1 Å². The van der Waals surface area contributed by atoms with Crippen molar-refractivity contribution >= 4 is 21.8 Å². The highest BCUT2D eigenvalue weighted by molar-refractivity contribution is 5.88. The van der Waals surface area contributed by atoms with E-state index in [0.29, 0.717) is 16.6 Å². The molecule has 6 heteroatoms. The standard InChI is InChI=1S/C22H20FN5/c1-13-7-16(8-17-12-28(2)27-22(13)17)20-11-18-19(23)9-15(10-21(18)26-25-20)14-3-5-24-6-4-14/h3,5,7-12,14,24H,4,6H2,1-2H3. The largest absolute Gasteiger partial charge is 0.391 e. The third kappa shape index (κ3) is 2.81. The minimum absolute atomic E-state index is 0.206. The van der Waals surface area contributed by atoms with Crippen LogP contribution < -0.4 is 5.32 Å². The van der Waals surface area contributed by atoms with E-state index < -0.39 is 0 Å². The molecule has 0 fully saturated rings. The molecular weight excluding hydrogens is 353 g/mol. The Morgan fingerprint density at radius 1 is 1.14 bits per heavy atom. The van der Waals surface area contributed by atoms with Crippen molar-refractivity contribution < 1.29 is 4.39 Å². The van der Waals surface area contributed by atoms with Crippen LogP contribution in [0.15, 0.2) is 48.8 Å². The Balaban J connectivity index is 1.61. The van der Waals surface area contributed by atoms with Crippen molar-refractivity contribution in [3.8, 4) is 11.3 Å². The number of nitrogens with zero attached hydrogens (tertiary/aromatic N) is 4. The Morgan fingerprint density at radius 3 is 2.86 bits per heavy atom. The second kappa shape index (κ2) is 6.41. The third-order valence-electron chi connectivity index (χ3n) is 5.36. The van der Waals surface area contributed by atoms with Crippen molar-refractivity contribution in [3.63, 3.8) is 0 Å². The fourth-order valence-corrected chi connectivity index (χ4v) is 3.94. The van der Waals surface area contributed by atoms with Gasteiger partial charge in [0.2, 0.25) is 0 Å². The second-order valence-corrected chi connectivity index (χ2v) is 7.41. The monoisotopic (exact) mass is 373 g/mol. The average molecular weight is 373 g/mol. The van der Waals surface area contributed by atoms with Crippen LogP contribution in [0.3, 0.4) is 0 Å². The predicted octanol–water partition coefficient (Wildman–Crippen LogP) is 4.22. The summed E-state index contributed by atoms with van der Waals surface area (Å²) in [6.45, 7) is 2.91. The number of hydrogen-bond donors (Lipinski definition) is 1. The third-order valence-corrected chi connectivity index (χ3v) is 5.36. The highest BCUT2D eigenvalue weighted by Gasteiger charge is 2.16. The molecule has 1 unspecified atom stereocenters. The lowest BCUT2D eigenvalue weighted by molar-refractivity contribution is 0.624. The minimum Gasteiger partial charge on any atom is -0.391 e. The summed E-state index contributed by atoms with van der Waals surface area (Å²) in [5, 5.41) is 17.9. The van der Waals surface area contributed by atoms with Crippen molar-refractivity contribution in [1.82, 2.24) is 25.3 Å². The molecule has 5 rings (SSSR count). The van der Waals surface area contributed by atoms with Gasteiger partial charge in [-0.1, -0.05) is 6.08 Å². The van der Waals surface area contributed by atoms with Gasteiger partial charge in [0.15, 0.2) is 0 Å². The molecule has 0 bridgehead atoms.